The molecule has 1 aliphatic rings. The highest BCUT2D eigenvalue weighted by Crippen LogP contribution is 2.25. The Morgan fingerprint density at radius 2 is 1.88 bits per heavy atom. The lowest BCUT2D eigenvalue weighted by atomic mass is 10.1. The lowest BCUT2D eigenvalue weighted by Gasteiger charge is -2.17. The summed E-state index contributed by atoms with van der Waals surface area (Å²) in [4.78, 5) is 46.0. The van der Waals surface area contributed by atoms with E-state index in [-0.39, 0.29) is 23.8 Å². The molecule has 1 atom stereocenters. The molecule has 2 aromatic heterocycles. The second-order valence-electron chi connectivity index (χ2n) is 8.01. The fraction of sp³-hybridized carbons (Fsp3) is 0.208. The van der Waals surface area contributed by atoms with Crippen LogP contribution in [0.2, 0.25) is 0 Å². The van der Waals surface area contributed by atoms with Gasteiger partial charge in [0.05, 0.1) is 29.8 Å². The molecule has 1 unspecified atom stereocenters. The van der Waals surface area contributed by atoms with Gasteiger partial charge in [0.25, 0.3) is 5.56 Å². The molecule has 0 spiro atoms. The van der Waals surface area contributed by atoms with E-state index in [1.807, 2.05) is 36.4 Å². The van der Waals surface area contributed by atoms with Gasteiger partial charge in [-0.1, -0.05) is 42.5 Å². The predicted molar refractivity (Wildman–Crippen MR) is 123 cm³/mol. The topological polar surface area (TPSA) is 113 Å². The molecule has 1 fully saturated rings. The molecule has 1 saturated heterocycles. The molecule has 3 heterocycles. The first kappa shape index (κ1) is 20.6. The zero-order valence-electron chi connectivity index (χ0n) is 17.8. The molecule has 5 rings (SSSR count). The summed E-state index contributed by atoms with van der Waals surface area (Å²) in [5.74, 6) is -0.669. The van der Waals surface area contributed by atoms with Gasteiger partial charge >= 0.3 is 0 Å². The molecule has 0 aliphatic carbocycles. The normalized spacial score (nSPS) is 15.8. The van der Waals surface area contributed by atoms with E-state index in [4.69, 9.17) is 0 Å². The third kappa shape index (κ3) is 4.12. The van der Waals surface area contributed by atoms with Crippen molar-refractivity contribution < 1.29 is 9.59 Å². The number of fused-ring (bicyclic) bond motifs is 1. The Labute approximate surface area is 189 Å². The summed E-state index contributed by atoms with van der Waals surface area (Å²) in [6.45, 7) is 0.976. The van der Waals surface area contributed by atoms with Gasteiger partial charge in [-0.3, -0.25) is 14.4 Å². The number of benzene rings is 2. The fourth-order valence-corrected chi connectivity index (χ4v) is 4.10. The Bertz CT molecular complexity index is 1380. The standard InChI is InChI=1S/C24H22N6O3/c31-21-12-17(14-29(21)11-10-16-6-2-1-3-7-16)23(32)28-19-8-4-5-9-20(19)30-22-18(13-27-30)24(33)26-15-25-22/h1-9,13,15,17H,10-12,14H2,(H,28,32)(H,25,26,33). The summed E-state index contributed by atoms with van der Waals surface area (Å²) in [6.07, 6.45) is 3.70. The van der Waals surface area contributed by atoms with Gasteiger partial charge in [0.2, 0.25) is 11.8 Å². The van der Waals surface area contributed by atoms with Crippen LogP contribution >= 0.6 is 0 Å². The van der Waals surface area contributed by atoms with Crippen LogP contribution in [0.5, 0.6) is 0 Å². The maximum Gasteiger partial charge on any atom is 0.261 e. The van der Waals surface area contributed by atoms with Crippen molar-refractivity contribution in [2.24, 2.45) is 5.92 Å². The van der Waals surface area contributed by atoms with Gasteiger partial charge in [-0.2, -0.15) is 5.10 Å². The number of hydrogen-bond donors (Lipinski definition) is 2. The molecule has 9 heteroatoms. The van der Waals surface area contributed by atoms with E-state index in [0.29, 0.717) is 35.5 Å². The van der Waals surface area contributed by atoms with Crippen LogP contribution in [0.1, 0.15) is 12.0 Å². The van der Waals surface area contributed by atoms with E-state index >= 15 is 0 Å². The lowest BCUT2D eigenvalue weighted by molar-refractivity contribution is -0.128. The number of H-pyrrole nitrogens is 1. The summed E-state index contributed by atoms with van der Waals surface area (Å²) in [7, 11) is 0. The number of aromatic nitrogens is 4. The zero-order chi connectivity index (χ0) is 22.8. The van der Waals surface area contributed by atoms with Crippen LogP contribution in [-0.4, -0.2) is 49.6 Å². The van der Waals surface area contributed by atoms with E-state index in [0.717, 1.165) is 12.0 Å². The Morgan fingerprint density at radius 1 is 1.09 bits per heavy atom. The Morgan fingerprint density at radius 3 is 2.73 bits per heavy atom. The van der Waals surface area contributed by atoms with Crippen molar-refractivity contribution in [2.75, 3.05) is 18.4 Å². The fourth-order valence-electron chi connectivity index (χ4n) is 4.10. The molecule has 2 aromatic carbocycles. The molecule has 0 radical (unpaired) electrons. The molecular weight excluding hydrogens is 420 g/mol. The average Bonchev–Trinajstić information content (AvgIpc) is 3.43. The van der Waals surface area contributed by atoms with Gasteiger partial charge in [0.1, 0.15) is 5.39 Å². The van der Waals surface area contributed by atoms with Crippen LogP contribution in [0.15, 0.2) is 71.9 Å². The van der Waals surface area contributed by atoms with E-state index in [1.54, 1.807) is 23.1 Å². The Balaban J connectivity index is 1.31. The summed E-state index contributed by atoms with van der Waals surface area (Å²) < 4.78 is 1.52. The minimum atomic E-state index is -0.434. The number of rotatable bonds is 6. The number of nitrogens with one attached hydrogen (secondary N) is 2. The monoisotopic (exact) mass is 442 g/mol. The molecular formula is C24H22N6O3. The van der Waals surface area contributed by atoms with Gasteiger partial charge in [-0.15, -0.1) is 0 Å². The van der Waals surface area contributed by atoms with E-state index in [2.05, 4.69) is 20.4 Å². The molecule has 166 valence electrons. The van der Waals surface area contributed by atoms with Crippen molar-refractivity contribution in [3.05, 3.63) is 83.0 Å². The largest absolute Gasteiger partial charge is 0.342 e. The third-order valence-electron chi connectivity index (χ3n) is 5.86. The highest BCUT2D eigenvalue weighted by molar-refractivity contribution is 5.98. The number of carbonyl (C=O) groups is 2. The van der Waals surface area contributed by atoms with E-state index in [1.165, 1.54) is 17.2 Å². The van der Waals surface area contributed by atoms with Crippen LogP contribution in [0, 0.1) is 5.92 Å². The molecule has 1 aliphatic heterocycles. The van der Waals surface area contributed by atoms with Crippen molar-refractivity contribution in [1.29, 1.82) is 0 Å². The molecule has 33 heavy (non-hydrogen) atoms. The smallest absolute Gasteiger partial charge is 0.261 e. The first-order valence-electron chi connectivity index (χ1n) is 10.7. The third-order valence-corrected chi connectivity index (χ3v) is 5.86. The van der Waals surface area contributed by atoms with Crippen LogP contribution in [-0.2, 0) is 16.0 Å². The SMILES string of the molecule is O=C(Nc1ccccc1-n1ncc2c(=O)[nH]cnc21)C1CC(=O)N(CCc2ccccc2)C1. The molecule has 2 N–H and O–H groups in total. The minimum Gasteiger partial charge on any atom is -0.342 e. The van der Waals surface area contributed by atoms with Gasteiger partial charge in [-0.05, 0) is 24.1 Å². The van der Waals surface area contributed by atoms with Crippen LogP contribution in [0.4, 0.5) is 5.69 Å². The van der Waals surface area contributed by atoms with Gasteiger partial charge in [0.15, 0.2) is 5.65 Å². The van der Waals surface area contributed by atoms with Crippen LogP contribution < -0.4 is 10.9 Å². The number of aromatic amines is 1. The van der Waals surface area contributed by atoms with Gasteiger partial charge < -0.3 is 15.2 Å². The van der Waals surface area contributed by atoms with E-state index < -0.39 is 5.92 Å². The predicted octanol–water partition coefficient (Wildman–Crippen LogP) is 2.14. The number of carbonyl (C=O) groups excluding carboxylic acids is 2. The second-order valence-corrected chi connectivity index (χ2v) is 8.01. The number of amides is 2. The molecule has 9 nitrogen and oxygen atoms in total. The quantitative estimate of drug-likeness (QED) is 0.475. The lowest BCUT2D eigenvalue weighted by Crippen LogP contribution is -2.30. The number of hydrogen-bond acceptors (Lipinski definition) is 5. The Kier molecular flexibility index (Phi) is 5.43. The highest BCUT2D eigenvalue weighted by atomic mass is 16.2. The number of anilines is 1. The molecule has 0 saturated carbocycles. The molecule has 0 bridgehead atoms. The first-order chi connectivity index (χ1) is 16.1. The van der Waals surface area contributed by atoms with Crippen molar-refractivity contribution >= 4 is 28.5 Å². The van der Waals surface area contributed by atoms with Crippen molar-refractivity contribution in [3.63, 3.8) is 0 Å². The first-order valence-corrected chi connectivity index (χ1v) is 10.7. The van der Waals surface area contributed by atoms with Crippen molar-refractivity contribution in [3.8, 4) is 5.69 Å². The highest BCUT2D eigenvalue weighted by Gasteiger charge is 2.34. The number of para-hydroxylation sites is 2. The number of likely N-dealkylation sites (tertiary alicyclic amines) is 1. The maximum absolute atomic E-state index is 13.0. The minimum absolute atomic E-state index is 0.0131. The van der Waals surface area contributed by atoms with Crippen LogP contribution in [0.3, 0.4) is 0 Å². The summed E-state index contributed by atoms with van der Waals surface area (Å²) in [5.41, 5.74) is 2.39. The summed E-state index contributed by atoms with van der Waals surface area (Å²) in [6, 6.07) is 17.1. The van der Waals surface area contributed by atoms with Crippen molar-refractivity contribution in [1.82, 2.24) is 24.6 Å². The van der Waals surface area contributed by atoms with Crippen molar-refractivity contribution in [2.45, 2.75) is 12.8 Å². The summed E-state index contributed by atoms with van der Waals surface area (Å²) in [5, 5.41) is 7.59. The van der Waals surface area contributed by atoms with Crippen LogP contribution in [0.25, 0.3) is 16.7 Å². The van der Waals surface area contributed by atoms with E-state index in [9.17, 15) is 14.4 Å². The summed E-state index contributed by atoms with van der Waals surface area (Å²) >= 11 is 0. The number of nitrogens with zero attached hydrogens (tertiary/aromatic N) is 4. The maximum atomic E-state index is 13.0. The average molecular weight is 442 g/mol. The van der Waals surface area contributed by atoms with Gasteiger partial charge in [0, 0.05) is 19.5 Å². The second kappa shape index (κ2) is 8.70. The molecule has 2 amide bonds. The molecule has 4 aromatic rings. The zero-order valence-corrected chi connectivity index (χ0v) is 17.8. The Hall–Kier alpha value is -4.27. The van der Waals surface area contributed by atoms with Gasteiger partial charge in [-0.25, -0.2) is 9.67 Å².